The molecule has 166 valence electrons. The number of rotatable bonds is 2. The van der Waals surface area contributed by atoms with E-state index in [1.54, 1.807) is 34.3 Å². The van der Waals surface area contributed by atoms with E-state index in [0.29, 0.717) is 0 Å². The third-order valence-corrected chi connectivity index (χ3v) is 27.6. The van der Waals surface area contributed by atoms with E-state index in [0.717, 1.165) is 6.42 Å². The molecule has 0 radical (unpaired) electrons. The van der Waals surface area contributed by atoms with Gasteiger partial charge in [0.2, 0.25) is 0 Å². The first-order chi connectivity index (χ1) is 15.1. The zero-order valence-corrected chi connectivity index (χ0v) is 24.3. The van der Waals surface area contributed by atoms with Crippen molar-refractivity contribution in [1.29, 1.82) is 0 Å². The molecule has 0 aromatic heterocycles. The second-order valence-corrected chi connectivity index (χ2v) is 27.2. The third kappa shape index (κ3) is 4.16. The van der Waals surface area contributed by atoms with Crippen LogP contribution >= 0.6 is 0 Å². The van der Waals surface area contributed by atoms with Crippen LogP contribution in [-0.4, -0.2) is 5.43 Å². The fraction of sp³-hybridized carbons (Fsp3) is 0.467. The van der Waals surface area contributed by atoms with Crippen LogP contribution in [0.3, 0.4) is 0 Å². The molecule has 0 bridgehead atoms. The zero-order chi connectivity index (χ0) is 22.7. The maximum atomic E-state index is 2.72. The molecule has 1 aliphatic heterocycles. The van der Waals surface area contributed by atoms with Gasteiger partial charge in [-0.15, -0.1) is 0 Å². The quantitative estimate of drug-likeness (QED) is 0.305. The molecule has 0 unspecified atom stereocenters. The molecule has 0 N–H and O–H groups in total. The summed E-state index contributed by atoms with van der Waals surface area (Å²) in [6.45, 7) is 14.3. The molecule has 0 atom stereocenters. The van der Waals surface area contributed by atoms with Crippen LogP contribution in [0.15, 0.2) is 51.8 Å². The number of benzene rings is 2. The molecule has 32 heavy (non-hydrogen) atoms. The minimum absolute atomic E-state index is 0.192. The van der Waals surface area contributed by atoms with Gasteiger partial charge in [-0.25, -0.2) is 0 Å². The minimum atomic E-state index is -1.87. The Hall–Kier alpha value is -0.980. The van der Waals surface area contributed by atoms with Crippen LogP contribution in [-0.2, 0) is 37.6 Å². The molecule has 5 rings (SSSR count). The average molecular weight is 518 g/mol. The van der Waals surface area contributed by atoms with Gasteiger partial charge in [0, 0.05) is 0 Å². The summed E-state index contributed by atoms with van der Waals surface area (Å²) in [7, 11) is 0. The van der Waals surface area contributed by atoms with Gasteiger partial charge >= 0.3 is 204 Å². The van der Waals surface area contributed by atoms with Crippen LogP contribution in [0.5, 0.6) is 0 Å². The molecule has 2 aromatic carbocycles. The predicted octanol–water partition coefficient (Wildman–Crippen LogP) is 7.73. The molecule has 0 amide bonds. The van der Waals surface area contributed by atoms with Gasteiger partial charge in [-0.3, -0.25) is 0 Å². The summed E-state index contributed by atoms with van der Waals surface area (Å²) >= 11 is -1.87. The van der Waals surface area contributed by atoms with E-state index in [1.807, 2.05) is 6.55 Å². The summed E-state index contributed by atoms with van der Waals surface area (Å²) in [6, 6.07) is 15.8. The zero-order valence-electron chi connectivity index (χ0n) is 20.9. The predicted molar refractivity (Wildman–Crippen MR) is 138 cm³/mol. The topological polar surface area (TPSA) is 0 Å². The SMILES string of the molecule is CC(C)(C)c1ccc2c(c1)-c1cc(C(C)(C)C)c[c]([Zr]([C]3=CC=CC3)=[Si]3CCCC3)c1C2. The molecular weight excluding hydrogens is 480 g/mol. The van der Waals surface area contributed by atoms with Gasteiger partial charge in [-0.2, -0.15) is 0 Å². The molecule has 3 aliphatic rings. The molecule has 2 heteroatoms. The Morgan fingerprint density at radius 1 is 0.812 bits per heavy atom. The number of allylic oxidation sites excluding steroid dienone is 4. The first-order valence-corrected chi connectivity index (χ1v) is 20.6. The molecule has 0 nitrogen and oxygen atoms in total. The summed E-state index contributed by atoms with van der Waals surface area (Å²) in [5.74, 6) is 0. The van der Waals surface area contributed by atoms with Gasteiger partial charge in [-0.05, 0) is 0 Å². The Balaban J connectivity index is 1.77. The molecule has 1 fully saturated rings. The van der Waals surface area contributed by atoms with Crippen LogP contribution in [0.4, 0.5) is 0 Å². The Morgan fingerprint density at radius 3 is 2.12 bits per heavy atom. The second-order valence-electron chi connectivity index (χ2n) is 12.1. The van der Waals surface area contributed by atoms with Crippen molar-refractivity contribution in [2.45, 2.75) is 90.1 Å². The molecular formula is C30H38SiZr. The van der Waals surface area contributed by atoms with E-state index in [1.165, 1.54) is 30.4 Å². The van der Waals surface area contributed by atoms with Crippen molar-refractivity contribution in [3.8, 4) is 11.1 Å². The van der Waals surface area contributed by atoms with Crippen LogP contribution < -0.4 is 3.27 Å². The Bertz CT molecular complexity index is 1170. The standard InChI is InChI=1S/C21H25.C5H5.C4H8Si.Zr/c1-20(2,3)16-9-7-14-11-15-8-10-17(21(4,5)6)13-19(15)18(14)12-16;2*1-2-4-5-3-1;/h7,9-10,12-13H,11H2,1-6H3;1-3H,4H2;1-4H2;. The van der Waals surface area contributed by atoms with E-state index in [-0.39, 0.29) is 16.3 Å². The van der Waals surface area contributed by atoms with Crippen molar-refractivity contribution >= 4 is 8.70 Å². The van der Waals surface area contributed by atoms with Crippen molar-refractivity contribution in [2.24, 2.45) is 0 Å². The Morgan fingerprint density at radius 2 is 1.50 bits per heavy atom. The average Bonchev–Trinajstić information content (AvgIpc) is 3.48. The molecule has 2 aromatic rings. The number of hydrogen-bond acceptors (Lipinski definition) is 0. The molecule has 1 saturated heterocycles. The van der Waals surface area contributed by atoms with E-state index in [4.69, 9.17) is 0 Å². The third-order valence-electron chi connectivity index (χ3n) is 7.67. The van der Waals surface area contributed by atoms with Crippen molar-refractivity contribution in [1.82, 2.24) is 0 Å². The first kappa shape index (κ1) is 22.8. The number of hydrogen-bond donors (Lipinski definition) is 0. The molecule has 0 saturated carbocycles. The van der Waals surface area contributed by atoms with Crippen molar-refractivity contribution in [3.63, 3.8) is 0 Å². The first-order valence-electron chi connectivity index (χ1n) is 12.5. The van der Waals surface area contributed by atoms with Gasteiger partial charge in [0.15, 0.2) is 0 Å². The fourth-order valence-corrected chi connectivity index (χ4v) is 27.8. The van der Waals surface area contributed by atoms with Gasteiger partial charge < -0.3 is 0 Å². The van der Waals surface area contributed by atoms with Crippen molar-refractivity contribution in [2.75, 3.05) is 0 Å². The normalized spacial score (nSPS) is 17.6. The van der Waals surface area contributed by atoms with E-state index >= 15 is 0 Å². The van der Waals surface area contributed by atoms with Gasteiger partial charge in [0.25, 0.3) is 0 Å². The summed E-state index contributed by atoms with van der Waals surface area (Å²) in [5.41, 5.74) is 9.62. The Labute approximate surface area is 203 Å². The Kier molecular flexibility index (Phi) is 5.95. The summed E-state index contributed by atoms with van der Waals surface area (Å²) in [4.78, 5) is 0. The maximum absolute atomic E-state index is 2.72. The van der Waals surface area contributed by atoms with Crippen LogP contribution in [0, 0.1) is 0 Å². The van der Waals surface area contributed by atoms with Gasteiger partial charge in [0.1, 0.15) is 0 Å². The molecule has 1 heterocycles. The van der Waals surface area contributed by atoms with E-state index in [2.05, 4.69) is 90.1 Å². The van der Waals surface area contributed by atoms with Crippen molar-refractivity contribution in [3.05, 3.63) is 74.1 Å². The van der Waals surface area contributed by atoms with Crippen LogP contribution in [0.1, 0.15) is 83.1 Å². The molecule has 2 aliphatic carbocycles. The number of fused-ring (bicyclic) bond motifs is 3. The molecule has 0 spiro atoms. The second kappa shape index (κ2) is 8.35. The van der Waals surface area contributed by atoms with Crippen molar-refractivity contribution < 1.29 is 20.4 Å². The summed E-state index contributed by atoms with van der Waals surface area (Å²) in [5, 5.41) is 0. The fourth-order valence-electron chi connectivity index (χ4n) is 5.67. The van der Waals surface area contributed by atoms with Gasteiger partial charge in [-0.1, -0.05) is 0 Å². The van der Waals surface area contributed by atoms with Crippen LogP contribution in [0.2, 0.25) is 12.1 Å². The van der Waals surface area contributed by atoms with E-state index < -0.39 is 20.4 Å². The monoisotopic (exact) mass is 516 g/mol. The summed E-state index contributed by atoms with van der Waals surface area (Å²) in [6.07, 6.45) is 12.7. The van der Waals surface area contributed by atoms with Crippen LogP contribution in [0.25, 0.3) is 11.1 Å². The van der Waals surface area contributed by atoms with Gasteiger partial charge in [0.05, 0.1) is 0 Å². The van der Waals surface area contributed by atoms with E-state index in [9.17, 15) is 0 Å². The summed E-state index contributed by atoms with van der Waals surface area (Å²) < 4.78 is 3.77.